The van der Waals surface area contributed by atoms with Crippen LogP contribution in [-0.2, 0) is 37.3 Å². The first-order valence-electron chi connectivity index (χ1n) is 25.2. The van der Waals surface area contributed by atoms with Crippen molar-refractivity contribution in [1.82, 2.24) is 9.55 Å². The Morgan fingerprint density at radius 1 is 0.528 bits per heavy atom. The first kappa shape index (κ1) is 50.3. The molecular weight excluding hydrogens is 1060 g/mol. The predicted octanol–water partition coefficient (Wildman–Crippen LogP) is 17.3. The van der Waals surface area contributed by atoms with E-state index in [1.54, 1.807) is 0 Å². The van der Waals surface area contributed by atoms with E-state index >= 15 is 0 Å². The van der Waals surface area contributed by atoms with E-state index in [9.17, 15) is 0 Å². The average molecular weight is 1130 g/mol. The Kier molecular flexibility index (Phi) is 13.8. The largest absolute Gasteiger partial charge is 0.509 e. The Balaban J connectivity index is 0.00000640. The molecule has 1 aliphatic heterocycles. The maximum Gasteiger partial charge on any atom is 0.135 e. The number of fused-ring (bicyclic) bond motifs is 3. The van der Waals surface area contributed by atoms with Crippen molar-refractivity contribution >= 4 is 33.2 Å². The van der Waals surface area contributed by atoms with Crippen LogP contribution in [0.4, 0.5) is 11.4 Å². The molecule has 10 rings (SSSR count). The fourth-order valence-corrected chi connectivity index (χ4v) is 10.2. The first-order valence-corrected chi connectivity index (χ1v) is 25.2. The molecule has 0 radical (unpaired) electrons. The zero-order valence-corrected chi connectivity index (χ0v) is 45.8. The summed E-state index contributed by atoms with van der Waals surface area (Å²) in [7, 11) is 0. The smallest absolute Gasteiger partial charge is 0.135 e. The molecular formula is C66H65N4OPt-3. The molecule has 1 aliphatic rings. The number of anilines is 2. The molecule has 9 aromatic rings. The monoisotopic (exact) mass is 1120 g/mol. The second-order valence-electron chi connectivity index (χ2n) is 21.9. The Bertz CT molecular complexity index is 3340. The van der Waals surface area contributed by atoms with Crippen LogP contribution in [0.2, 0.25) is 0 Å². The molecule has 7 aromatic carbocycles. The van der Waals surface area contributed by atoms with Crippen LogP contribution < -0.4 is 14.5 Å². The van der Waals surface area contributed by atoms with Gasteiger partial charge < -0.3 is 19.1 Å². The van der Waals surface area contributed by atoms with E-state index in [4.69, 9.17) is 9.72 Å². The van der Waals surface area contributed by atoms with Crippen LogP contribution in [0.1, 0.15) is 127 Å². The van der Waals surface area contributed by atoms with Gasteiger partial charge in [-0.2, -0.15) is 6.07 Å². The number of pyridine rings is 1. The number of rotatable bonds is 12. The summed E-state index contributed by atoms with van der Waals surface area (Å²) in [5.74, 6) is 2.67. The van der Waals surface area contributed by atoms with Gasteiger partial charge in [0, 0.05) is 60.8 Å². The number of para-hydroxylation sites is 1. The van der Waals surface area contributed by atoms with Crippen molar-refractivity contribution in [3.05, 3.63) is 234 Å². The van der Waals surface area contributed by atoms with Gasteiger partial charge in [-0.15, -0.1) is 53.6 Å². The number of hydrogen-bond donors (Lipinski definition) is 0. The second-order valence-corrected chi connectivity index (χ2v) is 21.9. The summed E-state index contributed by atoms with van der Waals surface area (Å²) in [4.78, 5) is 9.32. The molecule has 0 atom stereocenters. The first-order chi connectivity index (χ1) is 34.0. The molecule has 0 unspecified atom stereocenters. The minimum absolute atomic E-state index is 0. The van der Waals surface area contributed by atoms with E-state index in [1.165, 1.54) is 44.5 Å². The third kappa shape index (κ3) is 9.57. The standard InChI is InChI=1S/C66H65N4O.Pt/c1-44(2)56-26-20-27-57(45(3)4)63(56)46-35-52(41-55(36-46)71-54-29-30-59-58-25-18-19-28-60(58)70(61(59)42-54)62-40-49(31-32-67-62)64(5,6)7)68-33-34-69(43-68)53-38-50(65(8,9)47-21-14-12-15-22-47)37-51(39-53)66(10,11)48-23-16-13-17-24-48;/h12-40,43-45H,1-11H3;/q-3;. The van der Waals surface area contributed by atoms with Gasteiger partial charge in [-0.3, -0.25) is 0 Å². The topological polar surface area (TPSA) is 33.5 Å². The van der Waals surface area contributed by atoms with Gasteiger partial charge in [0.05, 0.1) is 0 Å². The molecule has 0 N–H and O–H groups in total. The molecule has 0 aliphatic carbocycles. The normalized spacial score (nSPS) is 13.2. The summed E-state index contributed by atoms with van der Waals surface area (Å²) in [6.45, 7) is 27.3. The maximum atomic E-state index is 6.99. The van der Waals surface area contributed by atoms with Crippen LogP contribution in [-0.4, -0.2) is 9.55 Å². The fourth-order valence-electron chi connectivity index (χ4n) is 10.2. The molecule has 72 heavy (non-hydrogen) atoms. The van der Waals surface area contributed by atoms with E-state index < -0.39 is 0 Å². The predicted molar refractivity (Wildman–Crippen MR) is 297 cm³/mol. The van der Waals surface area contributed by atoms with Crippen molar-refractivity contribution < 1.29 is 25.8 Å². The molecule has 0 fully saturated rings. The van der Waals surface area contributed by atoms with Crippen LogP contribution in [0.3, 0.4) is 0 Å². The Labute approximate surface area is 442 Å². The molecule has 5 nitrogen and oxygen atoms in total. The van der Waals surface area contributed by atoms with Crippen LogP contribution in [0, 0.1) is 18.8 Å². The van der Waals surface area contributed by atoms with Crippen molar-refractivity contribution in [3.63, 3.8) is 0 Å². The van der Waals surface area contributed by atoms with E-state index in [-0.39, 0.29) is 37.3 Å². The molecule has 368 valence electrons. The fraction of sp³-hybridized carbons (Fsp3) is 0.242. The van der Waals surface area contributed by atoms with Crippen LogP contribution in [0.25, 0.3) is 38.8 Å². The molecule has 0 bridgehead atoms. The van der Waals surface area contributed by atoms with Gasteiger partial charge in [-0.1, -0.05) is 185 Å². The van der Waals surface area contributed by atoms with Crippen LogP contribution in [0.15, 0.2) is 176 Å². The minimum Gasteiger partial charge on any atom is -0.509 e. The second kappa shape index (κ2) is 19.7. The quantitative estimate of drug-likeness (QED) is 0.114. The van der Waals surface area contributed by atoms with Gasteiger partial charge in [0.1, 0.15) is 5.82 Å². The number of aromatic nitrogens is 2. The van der Waals surface area contributed by atoms with E-state index in [2.05, 4.69) is 273 Å². The summed E-state index contributed by atoms with van der Waals surface area (Å²) in [6.07, 6.45) is 6.19. The van der Waals surface area contributed by atoms with E-state index in [0.29, 0.717) is 23.3 Å². The van der Waals surface area contributed by atoms with Gasteiger partial charge in [0.15, 0.2) is 0 Å². The van der Waals surface area contributed by atoms with E-state index in [1.807, 2.05) is 12.3 Å². The maximum absolute atomic E-state index is 6.99. The van der Waals surface area contributed by atoms with Gasteiger partial charge >= 0.3 is 0 Å². The number of hydrogen-bond acceptors (Lipinski definition) is 4. The van der Waals surface area contributed by atoms with Gasteiger partial charge in [-0.25, -0.2) is 4.98 Å². The zero-order valence-electron chi connectivity index (χ0n) is 43.5. The molecule has 6 heteroatoms. The summed E-state index contributed by atoms with van der Waals surface area (Å²) in [5, 5.41) is 2.23. The number of ether oxygens (including phenoxy) is 1. The molecule has 0 saturated carbocycles. The summed E-state index contributed by atoms with van der Waals surface area (Å²) >= 11 is 0. The third-order valence-corrected chi connectivity index (χ3v) is 14.7. The van der Waals surface area contributed by atoms with Crippen LogP contribution >= 0.6 is 0 Å². The summed E-state index contributed by atoms with van der Waals surface area (Å²) in [5.41, 5.74) is 14.6. The molecule has 0 amide bonds. The molecule has 0 spiro atoms. The third-order valence-electron chi connectivity index (χ3n) is 14.7. The SMILES string of the molecule is CC(C)c1cccc(C(C)C)c1-c1cc(Oc2[c-]c3c(cc2)c2ccccc2n3-c2cc(C(C)(C)C)ccn2)[c-]c(N2C=CN(c3cc(C(C)(C)c4ccccc4)cc(C(C)(C)c4ccccc4)c3)[CH-]2)c1.[Pt]. The van der Waals surface area contributed by atoms with Gasteiger partial charge in [-0.05, 0) is 110 Å². The minimum atomic E-state index is -0.254. The Morgan fingerprint density at radius 3 is 1.74 bits per heavy atom. The number of nitrogens with zero attached hydrogens (tertiary/aromatic N) is 4. The van der Waals surface area contributed by atoms with Crippen molar-refractivity contribution in [1.29, 1.82) is 0 Å². The molecule has 3 heterocycles. The van der Waals surface area contributed by atoms with Crippen molar-refractivity contribution in [2.24, 2.45) is 0 Å². The Hall–Kier alpha value is -6.68. The van der Waals surface area contributed by atoms with Crippen LogP contribution in [0.5, 0.6) is 11.5 Å². The van der Waals surface area contributed by atoms with Crippen molar-refractivity contribution in [2.45, 2.75) is 104 Å². The van der Waals surface area contributed by atoms with E-state index in [0.717, 1.165) is 44.6 Å². The molecule has 2 aromatic heterocycles. The molecule has 0 saturated heterocycles. The average Bonchev–Trinajstić information content (AvgIpc) is 4.00. The summed E-state index contributed by atoms with van der Waals surface area (Å²) in [6, 6.07) is 64.4. The van der Waals surface area contributed by atoms with Crippen molar-refractivity contribution in [2.75, 3.05) is 9.80 Å². The number of benzene rings is 7. The summed E-state index contributed by atoms with van der Waals surface area (Å²) < 4.78 is 9.21. The van der Waals surface area contributed by atoms with Gasteiger partial charge in [0.2, 0.25) is 0 Å². The van der Waals surface area contributed by atoms with Gasteiger partial charge in [0.25, 0.3) is 0 Å². The zero-order chi connectivity index (χ0) is 49.8. The van der Waals surface area contributed by atoms with Crippen molar-refractivity contribution in [3.8, 4) is 28.4 Å². The Morgan fingerprint density at radius 2 is 1.12 bits per heavy atom.